The van der Waals surface area contributed by atoms with Crippen molar-refractivity contribution in [2.45, 2.75) is 24.2 Å². The molecule has 7 heteroatoms. The average molecular weight is 312 g/mol. The lowest BCUT2D eigenvalue weighted by Crippen LogP contribution is -2.32. The van der Waals surface area contributed by atoms with Crippen LogP contribution < -0.4 is 9.46 Å². The molecule has 0 atom stereocenters. The van der Waals surface area contributed by atoms with Crippen molar-refractivity contribution in [3.05, 3.63) is 24.3 Å². The Hall–Kier alpha value is -1.60. The minimum absolute atomic E-state index is 0.00457. The van der Waals surface area contributed by atoms with Gasteiger partial charge in [0.1, 0.15) is 5.75 Å². The maximum absolute atomic E-state index is 12.1. The molecule has 0 spiro atoms. The van der Waals surface area contributed by atoms with Gasteiger partial charge in [-0.1, -0.05) is 0 Å². The van der Waals surface area contributed by atoms with Crippen LogP contribution in [0.25, 0.3) is 0 Å². The molecule has 1 N–H and O–H groups in total. The van der Waals surface area contributed by atoms with Crippen LogP contribution in [0.3, 0.4) is 0 Å². The van der Waals surface area contributed by atoms with Crippen LogP contribution >= 0.6 is 0 Å². The molecule has 1 saturated heterocycles. The average Bonchev–Trinajstić information content (AvgIpc) is 3.01. The molecule has 1 heterocycles. The zero-order chi connectivity index (χ0) is 15.3. The fourth-order valence-corrected chi connectivity index (χ4v) is 3.29. The van der Waals surface area contributed by atoms with Gasteiger partial charge in [-0.25, -0.2) is 13.1 Å². The number of rotatable bonds is 6. The fourth-order valence-electron chi connectivity index (χ4n) is 2.26. The minimum Gasteiger partial charge on any atom is -0.497 e. The maximum Gasteiger partial charge on any atom is 0.240 e. The molecule has 1 aliphatic rings. The third-order valence-corrected chi connectivity index (χ3v) is 4.94. The maximum atomic E-state index is 12.1. The van der Waals surface area contributed by atoms with E-state index in [9.17, 15) is 13.2 Å². The van der Waals surface area contributed by atoms with Gasteiger partial charge in [0.05, 0.1) is 12.0 Å². The van der Waals surface area contributed by atoms with Crippen LogP contribution in [0.2, 0.25) is 0 Å². The van der Waals surface area contributed by atoms with Crippen molar-refractivity contribution in [2.24, 2.45) is 0 Å². The summed E-state index contributed by atoms with van der Waals surface area (Å²) in [7, 11) is -2.06. The van der Waals surface area contributed by atoms with Gasteiger partial charge in [0, 0.05) is 26.1 Å². The number of hydrogen-bond acceptors (Lipinski definition) is 4. The Kier molecular flexibility index (Phi) is 5.19. The first-order valence-corrected chi connectivity index (χ1v) is 8.43. The van der Waals surface area contributed by atoms with E-state index in [1.165, 1.54) is 19.2 Å². The monoisotopic (exact) mass is 312 g/mol. The molecule has 1 aliphatic heterocycles. The molecular weight excluding hydrogens is 292 g/mol. The second-order valence-electron chi connectivity index (χ2n) is 4.91. The van der Waals surface area contributed by atoms with Gasteiger partial charge in [0.15, 0.2) is 0 Å². The number of nitrogens with zero attached hydrogens (tertiary/aromatic N) is 1. The normalized spacial score (nSPS) is 15.2. The van der Waals surface area contributed by atoms with Gasteiger partial charge in [-0.05, 0) is 37.1 Å². The molecule has 21 heavy (non-hydrogen) atoms. The van der Waals surface area contributed by atoms with Gasteiger partial charge in [-0.2, -0.15) is 0 Å². The summed E-state index contributed by atoms with van der Waals surface area (Å²) in [6.07, 6.45) is 2.25. The smallest absolute Gasteiger partial charge is 0.240 e. The Balaban J connectivity index is 1.87. The van der Waals surface area contributed by atoms with Crippen LogP contribution in [0.4, 0.5) is 0 Å². The van der Waals surface area contributed by atoms with E-state index in [0.717, 1.165) is 25.9 Å². The highest BCUT2D eigenvalue weighted by molar-refractivity contribution is 7.89. The molecule has 116 valence electrons. The highest BCUT2D eigenvalue weighted by Gasteiger charge is 2.19. The van der Waals surface area contributed by atoms with E-state index in [0.29, 0.717) is 5.75 Å². The molecule has 1 aromatic carbocycles. The molecule has 2 rings (SSSR count). The van der Waals surface area contributed by atoms with E-state index < -0.39 is 10.0 Å². The van der Waals surface area contributed by atoms with Crippen molar-refractivity contribution >= 4 is 15.9 Å². The molecule has 1 fully saturated rings. The summed E-state index contributed by atoms with van der Waals surface area (Å²) in [6.45, 7) is 1.68. The molecule has 0 saturated carbocycles. The SMILES string of the molecule is COc1ccc(S(=O)(=O)NCCC(=O)N2CCCC2)cc1. The van der Waals surface area contributed by atoms with E-state index in [1.807, 2.05) is 0 Å². The number of amides is 1. The van der Waals surface area contributed by atoms with E-state index in [2.05, 4.69) is 4.72 Å². The summed E-state index contributed by atoms with van der Waals surface area (Å²) < 4.78 is 31.6. The Labute approximate surface area is 125 Å². The van der Waals surface area contributed by atoms with Crippen LogP contribution in [0.15, 0.2) is 29.2 Å². The zero-order valence-corrected chi connectivity index (χ0v) is 12.9. The van der Waals surface area contributed by atoms with Crippen molar-refractivity contribution in [2.75, 3.05) is 26.7 Å². The number of carbonyl (C=O) groups excluding carboxylic acids is 1. The molecule has 0 bridgehead atoms. The van der Waals surface area contributed by atoms with Gasteiger partial charge in [-0.3, -0.25) is 4.79 Å². The highest BCUT2D eigenvalue weighted by atomic mass is 32.2. The minimum atomic E-state index is -3.58. The third kappa shape index (κ3) is 4.18. The van der Waals surface area contributed by atoms with E-state index in [-0.39, 0.29) is 23.8 Å². The standard InChI is InChI=1S/C14H20N2O4S/c1-20-12-4-6-13(7-5-12)21(18,19)15-9-8-14(17)16-10-2-3-11-16/h4-7,15H,2-3,8-11H2,1H3. The van der Waals surface area contributed by atoms with Gasteiger partial charge in [-0.15, -0.1) is 0 Å². The number of hydrogen-bond donors (Lipinski definition) is 1. The van der Waals surface area contributed by atoms with Gasteiger partial charge < -0.3 is 9.64 Å². The Bertz CT molecular complexity index is 577. The first-order chi connectivity index (χ1) is 10.0. The van der Waals surface area contributed by atoms with Crippen LogP contribution in [0.5, 0.6) is 5.75 Å². The van der Waals surface area contributed by atoms with E-state index >= 15 is 0 Å². The third-order valence-electron chi connectivity index (χ3n) is 3.46. The van der Waals surface area contributed by atoms with Crippen molar-refractivity contribution in [3.63, 3.8) is 0 Å². The Morgan fingerprint density at radius 3 is 2.43 bits per heavy atom. The van der Waals surface area contributed by atoms with Gasteiger partial charge >= 0.3 is 0 Å². The van der Waals surface area contributed by atoms with Gasteiger partial charge in [0.25, 0.3) is 0 Å². The second-order valence-corrected chi connectivity index (χ2v) is 6.68. The van der Waals surface area contributed by atoms with Crippen LogP contribution in [0.1, 0.15) is 19.3 Å². The van der Waals surface area contributed by atoms with Gasteiger partial charge in [0.2, 0.25) is 15.9 Å². The zero-order valence-electron chi connectivity index (χ0n) is 12.0. The quantitative estimate of drug-likeness (QED) is 0.850. The first kappa shape index (κ1) is 15.8. The summed E-state index contributed by atoms with van der Waals surface area (Å²) in [5, 5.41) is 0. The topological polar surface area (TPSA) is 75.7 Å². The molecule has 6 nitrogen and oxygen atoms in total. The summed E-state index contributed by atoms with van der Waals surface area (Å²) in [5.74, 6) is 0.600. The summed E-state index contributed by atoms with van der Waals surface area (Å²) in [5.41, 5.74) is 0. The second kappa shape index (κ2) is 6.91. The van der Waals surface area contributed by atoms with Crippen molar-refractivity contribution in [1.82, 2.24) is 9.62 Å². The predicted molar refractivity (Wildman–Crippen MR) is 78.6 cm³/mol. The van der Waals surface area contributed by atoms with Crippen molar-refractivity contribution < 1.29 is 17.9 Å². The first-order valence-electron chi connectivity index (χ1n) is 6.94. The van der Waals surface area contributed by atoms with E-state index in [1.54, 1.807) is 17.0 Å². The summed E-state index contributed by atoms with van der Waals surface area (Å²) >= 11 is 0. The van der Waals surface area contributed by atoms with Crippen molar-refractivity contribution in [3.8, 4) is 5.75 Å². The largest absolute Gasteiger partial charge is 0.497 e. The van der Waals surface area contributed by atoms with Crippen LogP contribution in [-0.4, -0.2) is 46.0 Å². The molecule has 1 aromatic rings. The lowest BCUT2D eigenvalue weighted by molar-refractivity contribution is -0.129. The molecule has 0 aliphatic carbocycles. The summed E-state index contributed by atoms with van der Waals surface area (Å²) in [6, 6.07) is 6.13. The van der Waals surface area contributed by atoms with Crippen LogP contribution in [-0.2, 0) is 14.8 Å². The molecule has 0 aromatic heterocycles. The Morgan fingerprint density at radius 2 is 1.86 bits per heavy atom. The van der Waals surface area contributed by atoms with Crippen molar-refractivity contribution in [1.29, 1.82) is 0 Å². The number of methoxy groups -OCH3 is 1. The Morgan fingerprint density at radius 1 is 1.24 bits per heavy atom. The lowest BCUT2D eigenvalue weighted by atomic mass is 10.3. The predicted octanol–water partition coefficient (Wildman–Crippen LogP) is 0.986. The molecular formula is C14H20N2O4S. The lowest BCUT2D eigenvalue weighted by Gasteiger charge is -2.15. The molecule has 1 amide bonds. The fraction of sp³-hybridized carbons (Fsp3) is 0.500. The number of sulfonamides is 1. The highest BCUT2D eigenvalue weighted by Crippen LogP contribution is 2.15. The number of benzene rings is 1. The van der Waals surface area contributed by atoms with Crippen LogP contribution in [0, 0.1) is 0 Å². The molecule has 0 radical (unpaired) electrons. The number of carbonyl (C=O) groups is 1. The van der Waals surface area contributed by atoms with E-state index in [4.69, 9.17) is 4.74 Å². The summed E-state index contributed by atoms with van der Waals surface area (Å²) in [4.78, 5) is 13.8. The molecule has 0 unspecified atom stereocenters. The number of likely N-dealkylation sites (tertiary alicyclic amines) is 1. The number of nitrogens with one attached hydrogen (secondary N) is 1. The number of ether oxygens (including phenoxy) is 1.